The molecule has 4 aromatic rings. The molecule has 0 saturated carbocycles. The first-order valence-electron chi connectivity index (χ1n) is 12.2. The van der Waals surface area contributed by atoms with E-state index in [-0.39, 0.29) is 17.3 Å². The van der Waals surface area contributed by atoms with Gasteiger partial charge in [0.05, 0.1) is 17.2 Å². The second-order valence-electron chi connectivity index (χ2n) is 9.22. The molecule has 1 aliphatic heterocycles. The molecule has 3 heterocycles. The Morgan fingerprint density at radius 2 is 1.79 bits per heavy atom. The lowest BCUT2D eigenvalue weighted by Crippen LogP contribution is -2.34. The third kappa shape index (κ3) is 5.04. The zero-order valence-corrected chi connectivity index (χ0v) is 20.5. The number of nitrogens with one attached hydrogen (secondary N) is 2. The van der Waals surface area contributed by atoms with Crippen molar-refractivity contribution in [2.45, 2.75) is 25.2 Å². The maximum atomic E-state index is 13.4. The number of H-pyrrole nitrogens is 1. The summed E-state index contributed by atoms with van der Waals surface area (Å²) in [5, 5.41) is 2.64. The Morgan fingerprint density at radius 3 is 2.50 bits per heavy atom. The van der Waals surface area contributed by atoms with Crippen LogP contribution in [-0.4, -0.2) is 46.7 Å². The van der Waals surface area contributed by atoms with E-state index in [1.165, 1.54) is 18.3 Å². The van der Waals surface area contributed by atoms with Crippen LogP contribution in [0.2, 0.25) is 0 Å². The van der Waals surface area contributed by atoms with Gasteiger partial charge < -0.3 is 15.2 Å². The van der Waals surface area contributed by atoms with Gasteiger partial charge >= 0.3 is 0 Å². The van der Waals surface area contributed by atoms with E-state index >= 15 is 0 Å². The van der Waals surface area contributed by atoms with E-state index in [0.717, 1.165) is 29.0 Å². The first-order chi connectivity index (χ1) is 18.3. The van der Waals surface area contributed by atoms with Gasteiger partial charge in [-0.3, -0.25) is 9.59 Å². The number of halogens is 3. The van der Waals surface area contributed by atoms with E-state index in [1.807, 2.05) is 30.3 Å². The Labute approximate surface area is 217 Å². The number of fused-ring (bicyclic) bond motifs is 1. The average Bonchev–Trinajstić information content (AvgIpc) is 3.31. The predicted molar refractivity (Wildman–Crippen MR) is 139 cm³/mol. The number of aromatic nitrogens is 2. The van der Waals surface area contributed by atoms with Gasteiger partial charge in [0.15, 0.2) is 0 Å². The van der Waals surface area contributed by atoms with Crippen LogP contribution in [0.3, 0.4) is 0 Å². The summed E-state index contributed by atoms with van der Waals surface area (Å²) in [7, 11) is 1.77. The number of carbonyl (C=O) groups excluding carboxylic acids is 2. The monoisotopic (exact) mass is 518 g/mol. The lowest BCUT2D eigenvalue weighted by molar-refractivity contribution is -0.118. The highest BCUT2D eigenvalue weighted by molar-refractivity contribution is 6.07. The van der Waals surface area contributed by atoms with Crippen molar-refractivity contribution in [1.29, 1.82) is 0 Å². The molecule has 5 rings (SSSR count). The van der Waals surface area contributed by atoms with E-state index < -0.39 is 30.5 Å². The SMILES string of the molecule is CN1CCc2[nH]c(-c3ccnc(NC(=O)[C@H](CC(F)F)c4ccc(F)cc4)c3)c(-c3ccccc3)c2C1=O. The van der Waals surface area contributed by atoms with Gasteiger partial charge in [0.2, 0.25) is 12.3 Å². The third-order valence-electron chi connectivity index (χ3n) is 6.70. The molecular weight excluding hydrogens is 493 g/mol. The van der Waals surface area contributed by atoms with Crippen LogP contribution in [0, 0.1) is 5.82 Å². The summed E-state index contributed by atoms with van der Waals surface area (Å²) < 4.78 is 40.0. The fraction of sp³-hybridized carbons (Fsp3) is 0.207. The molecule has 1 atom stereocenters. The first-order valence-corrected chi connectivity index (χ1v) is 12.2. The highest BCUT2D eigenvalue weighted by atomic mass is 19.3. The van der Waals surface area contributed by atoms with Crippen LogP contribution in [0.5, 0.6) is 0 Å². The highest BCUT2D eigenvalue weighted by Crippen LogP contribution is 2.39. The molecule has 2 N–H and O–H groups in total. The minimum absolute atomic E-state index is 0.0793. The summed E-state index contributed by atoms with van der Waals surface area (Å²) in [6, 6.07) is 17.9. The minimum Gasteiger partial charge on any atom is -0.357 e. The number of aromatic amines is 1. The second kappa shape index (κ2) is 10.5. The molecule has 0 spiro atoms. The Kier molecular flexibility index (Phi) is 7.00. The van der Waals surface area contributed by atoms with Crippen molar-refractivity contribution in [3.63, 3.8) is 0 Å². The highest BCUT2D eigenvalue weighted by Gasteiger charge is 2.31. The smallest absolute Gasteiger partial charge is 0.256 e. The minimum atomic E-state index is -2.73. The van der Waals surface area contributed by atoms with E-state index in [2.05, 4.69) is 15.3 Å². The second-order valence-corrected chi connectivity index (χ2v) is 9.22. The summed E-state index contributed by atoms with van der Waals surface area (Å²) in [5.74, 6) is -2.29. The van der Waals surface area contributed by atoms with Crippen molar-refractivity contribution in [3.05, 3.63) is 95.6 Å². The molecule has 0 bridgehead atoms. The van der Waals surface area contributed by atoms with Crippen molar-refractivity contribution in [1.82, 2.24) is 14.9 Å². The number of amides is 2. The summed E-state index contributed by atoms with van der Waals surface area (Å²) in [4.78, 5) is 35.5. The number of benzene rings is 2. The number of alkyl halides is 2. The number of nitrogens with zero attached hydrogens (tertiary/aromatic N) is 2. The quantitative estimate of drug-likeness (QED) is 0.320. The van der Waals surface area contributed by atoms with Gasteiger partial charge in [-0.2, -0.15) is 0 Å². The fourth-order valence-corrected chi connectivity index (χ4v) is 4.79. The summed E-state index contributed by atoms with van der Waals surface area (Å²) >= 11 is 0. The fourth-order valence-electron chi connectivity index (χ4n) is 4.79. The number of anilines is 1. The lowest BCUT2D eigenvalue weighted by Gasteiger charge is -2.23. The van der Waals surface area contributed by atoms with Crippen LogP contribution < -0.4 is 5.32 Å². The van der Waals surface area contributed by atoms with Gasteiger partial charge in [-0.15, -0.1) is 0 Å². The van der Waals surface area contributed by atoms with Gasteiger partial charge in [-0.25, -0.2) is 18.2 Å². The molecular formula is C29H25F3N4O2. The summed E-state index contributed by atoms with van der Waals surface area (Å²) in [6.07, 6.45) is -1.27. The summed E-state index contributed by atoms with van der Waals surface area (Å²) in [6.45, 7) is 0.590. The topological polar surface area (TPSA) is 78.1 Å². The van der Waals surface area contributed by atoms with Crippen molar-refractivity contribution in [2.75, 3.05) is 18.9 Å². The van der Waals surface area contributed by atoms with Gasteiger partial charge in [-0.05, 0) is 35.4 Å². The molecule has 2 aromatic carbocycles. The normalized spacial score (nSPS) is 13.9. The first kappa shape index (κ1) is 25.3. The molecule has 6 nitrogen and oxygen atoms in total. The molecule has 2 amide bonds. The van der Waals surface area contributed by atoms with Gasteiger partial charge in [0, 0.05) is 49.5 Å². The van der Waals surface area contributed by atoms with Gasteiger partial charge in [0.25, 0.3) is 5.91 Å². The number of pyridine rings is 1. The van der Waals surface area contributed by atoms with Crippen LogP contribution in [-0.2, 0) is 11.2 Å². The number of carbonyl (C=O) groups is 2. The zero-order chi connectivity index (χ0) is 26.8. The number of likely N-dealkylation sites (N-methyl/N-ethyl adjacent to an activating group) is 1. The largest absolute Gasteiger partial charge is 0.357 e. The number of rotatable bonds is 7. The Bertz CT molecular complexity index is 1470. The van der Waals surface area contributed by atoms with E-state index in [4.69, 9.17) is 0 Å². The van der Waals surface area contributed by atoms with E-state index in [0.29, 0.717) is 29.8 Å². The van der Waals surface area contributed by atoms with Crippen LogP contribution in [0.1, 0.15) is 34.0 Å². The molecule has 2 aromatic heterocycles. The maximum Gasteiger partial charge on any atom is 0.256 e. The van der Waals surface area contributed by atoms with Crippen LogP contribution in [0.15, 0.2) is 72.9 Å². The molecule has 1 aliphatic rings. The maximum absolute atomic E-state index is 13.4. The lowest BCUT2D eigenvalue weighted by atomic mass is 9.94. The van der Waals surface area contributed by atoms with Crippen molar-refractivity contribution in [2.24, 2.45) is 0 Å². The Hall–Kier alpha value is -4.40. The van der Waals surface area contributed by atoms with Gasteiger partial charge in [0.1, 0.15) is 11.6 Å². The Balaban J connectivity index is 1.51. The molecule has 194 valence electrons. The van der Waals surface area contributed by atoms with E-state index in [1.54, 1.807) is 24.1 Å². The zero-order valence-electron chi connectivity index (χ0n) is 20.5. The summed E-state index contributed by atoms with van der Waals surface area (Å²) in [5.41, 5.74) is 4.71. The standard InChI is InChI=1S/C29H25F3N4O2/c1-36-14-12-22-26(29(36)38)25(18-5-3-2-4-6-18)27(34-22)19-11-13-33-24(15-19)35-28(37)21(16-23(31)32)17-7-9-20(30)10-8-17/h2-11,13,15,21,23,34H,12,14,16H2,1H3,(H,33,35,37)/t21-/m1/s1. The van der Waals surface area contributed by atoms with Crippen LogP contribution >= 0.6 is 0 Å². The van der Waals surface area contributed by atoms with Crippen molar-refractivity contribution < 1.29 is 22.8 Å². The molecule has 0 radical (unpaired) electrons. The van der Waals surface area contributed by atoms with Crippen LogP contribution in [0.25, 0.3) is 22.4 Å². The number of hydrogen-bond donors (Lipinski definition) is 2. The molecule has 0 fully saturated rings. The molecule has 0 aliphatic carbocycles. The molecule has 0 unspecified atom stereocenters. The average molecular weight is 519 g/mol. The predicted octanol–water partition coefficient (Wildman–Crippen LogP) is 5.89. The Morgan fingerprint density at radius 1 is 1.05 bits per heavy atom. The van der Waals surface area contributed by atoms with Crippen LogP contribution in [0.4, 0.5) is 19.0 Å². The third-order valence-corrected chi connectivity index (χ3v) is 6.70. The van der Waals surface area contributed by atoms with Crippen molar-refractivity contribution in [3.8, 4) is 22.4 Å². The number of hydrogen-bond acceptors (Lipinski definition) is 3. The molecule has 0 saturated heterocycles. The van der Waals surface area contributed by atoms with E-state index in [9.17, 15) is 22.8 Å². The molecule has 38 heavy (non-hydrogen) atoms. The van der Waals surface area contributed by atoms with Gasteiger partial charge in [-0.1, -0.05) is 42.5 Å². The van der Waals surface area contributed by atoms with Crippen molar-refractivity contribution >= 4 is 17.6 Å². The molecule has 9 heteroatoms.